The van der Waals surface area contributed by atoms with Crippen molar-refractivity contribution in [3.8, 4) is 5.75 Å². The normalized spacial score (nSPS) is 12.4. The second-order valence-electron chi connectivity index (χ2n) is 5.41. The van der Waals surface area contributed by atoms with Crippen LogP contribution in [0.5, 0.6) is 5.75 Å². The minimum atomic E-state index is -4.43. The van der Waals surface area contributed by atoms with E-state index in [1.807, 2.05) is 0 Å². The average molecular weight is 351 g/mol. The third-order valence-electron chi connectivity index (χ3n) is 3.40. The maximum Gasteiger partial charge on any atom is 0.416 e. The highest BCUT2D eigenvalue weighted by Crippen LogP contribution is 2.29. The van der Waals surface area contributed by atoms with Crippen LogP contribution in [0.1, 0.15) is 29.8 Å². The quantitative estimate of drug-likeness (QED) is 0.817. The predicted octanol–water partition coefficient (Wildman–Crippen LogP) is 4.31. The Labute approximate surface area is 142 Å². The molecule has 132 valence electrons. The summed E-state index contributed by atoms with van der Waals surface area (Å²) in [6.45, 7) is 2.92. The number of ketones is 1. The van der Waals surface area contributed by atoms with Crippen LogP contribution in [0.15, 0.2) is 48.5 Å². The Morgan fingerprint density at radius 3 is 2.28 bits per heavy atom. The van der Waals surface area contributed by atoms with Gasteiger partial charge in [0.15, 0.2) is 11.9 Å². The van der Waals surface area contributed by atoms with E-state index in [0.29, 0.717) is 11.3 Å². The maximum atomic E-state index is 12.5. The molecule has 1 atom stereocenters. The number of Topliss-reactive ketones (excluding diaryl/α,β-unsaturated/α-hetero) is 1. The summed E-state index contributed by atoms with van der Waals surface area (Å²) in [4.78, 5) is 23.4. The molecule has 0 spiro atoms. The first-order valence-corrected chi connectivity index (χ1v) is 7.42. The van der Waals surface area contributed by atoms with Crippen molar-refractivity contribution in [2.75, 3.05) is 5.32 Å². The Morgan fingerprint density at radius 2 is 1.72 bits per heavy atom. The molecule has 0 aliphatic rings. The zero-order valence-electron chi connectivity index (χ0n) is 13.6. The molecule has 0 saturated carbocycles. The summed E-state index contributed by atoms with van der Waals surface area (Å²) >= 11 is 0. The highest BCUT2D eigenvalue weighted by Gasteiger charge is 2.30. The van der Waals surface area contributed by atoms with E-state index < -0.39 is 23.8 Å². The molecule has 0 bridgehead atoms. The number of amides is 1. The Bertz CT molecular complexity index is 770. The van der Waals surface area contributed by atoms with E-state index in [9.17, 15) is 22.8 Å². The summed E-state index contributed by atoms with van der Waals surface area (Å²) in [5, 5.41) is 2.48. The van der Waals surface area contributed by atoms with Gasteiger partial charge in [-0.25, -0.2) is 0 Å². The topological polar surface area (TPSA) is 55.4 Å². The molecule has 1 amide bonds. The van der Waals surface area contributed by atoms with Crippen LogP contribution in [-0.2, 0) is 11.0 Å². The Kier molecular flexibility index (Phi) is 5.46. The molecule has 0 heterocycles. The molecule has 0 aromatic heterocycles. The number of halogens is 3. The lowest BCUT2D eigenvalue weighted by Gasteiger charge is -2.15. The third kappa shape index (κ3) is 5.07. The summed E-state index contributed by atoms with van der Waals surface area (Å²) < 4.78 is 43.0. The van der Waals surface area contributed by atoms with E-state index in [4.69, 9.17) is 4.74 Å². The van der Waals surface area contributed by atoms with Crippen molar-refractivity contribution in [3.05, 3.63) is 59.7 Å². The molecule has 2 aromatic rings. The number of rotatable bonds is 5. The lowest BCUT2D eigenvalue weighted by Crippen LogP contribution is -2.30. The van der Waals surface area contributed by atoms with Gasteiger partial charge in [0.25, 0.3) is 5.91 Å². The summed E-state index contributed by atoms with van der Waals surface area (Å²) in [6, 6.07) is 10.5. The molecule has 0 aliphatic carbocycles. The van der Waals surface area contributed by atoms with E-state index >= 15 is 0 Å². The molecule has 0 saturated heterocycles. The maximum absolute atomic E-state index is 12.5. The van der Waals surface area contributed by atoms with Gasteiger partial charge >= 0.3 is 6.18 Å². The van der Waals surface area contributed by atoms with Gasteiger partial charge in [-0.05, 0) is 50.2 Å². The molecule has 2 aromatic carbocycles. The monoisotopic (exact) mass is 351 g/mol. The molecule has 0 unspecified atom stereocenters. The van der Waals surface area contributed by atoms with Crippen molar-refractivity contribution in [3.63, 3.8) is 0 Å². The first kappa shape index (κ1) is 18.5. The minimum Gasteiger partial charge on any atom is -0.481 e. The molecule has 2 rings (SSSR count). The number of alkyl halides is 3. The Balaban J connectivity index is 2.00. The van der Waals surface area contributed by atoms with Crippen LogP contribution in [0.25, 0.3) is 0 Å². The average Bonchev–Trinajstić information content (AvgIpc) is 2.54. The predicted molar refractivity (Wildman–Crippen MR) is 86.6 cm³/mol. The van der Waals surface area contributed by atoms with Gasteiger partial charge in [0.2, 0.25) is 0 Å². The standard InChI is InChI=1S/C18H16F3NO3/c1-11(23)13-4-3-5-16(10-13)25-12(2)17(24)22-15-8-6-14(7-9-15)18(19,20)21/h3-10,12H,1-2H3,(H,22,24)/t12-/m1/s1. The molecule has 25 heavy (non-hydrogen) atoms. The second kappa shape index (κ2) is 7.38. The van der Waals surface area contributed by atoms with Crippen LogP contribution < -0.4 is 10.1 Å². The van der Waals surface area contributed by atoms with Gasteiger partial charge < -0.3 is 10.1 Å². The van der Waals surface area contributed by atoms with Crippen LogP contribution in [0.4, 0.5) is 18.9 Å². The van der Waals surface area contributed by atoms with E-state index in [-0.39, 0.29) is 11.5 Å². The van der Waals surface area contributed by atoms with Crippen molar-refractivity contribution >= 4 is 17.4 Å². The SMILES string of the molecule is CC(=O)c1cccc(O[C@H](C)C(=O)Nc2ccc(C(F)(F)F)cc2)c1. The molecule has 1 N–H and O–H groups in total. The summed E-state index contributed by atoms with van der Waals surface area (Å²) in [6.07, 6.45) is -5.33. The van der Waals surface area contributed by atoms with Gasteiger partial charge in [-0.3, -0.25) is 9.59 Å². The van der Waals surface area contributed by atoms with Crippen molar-refractivity contribution in [1.29, 1.82) is 0 Å². The van der Waals surface area contributed by atoms with Crippen molar-refractivity contribution in [1.82, 2.24) is 0 Å². The van der Waals surface area contributed by atoms with Gasteiger partial charge in [-0.1, -0.05) is 12.1 Å². The Morgan fingerprint density at radius 1 is 1.08 bits per heavy atom. The van der Waals surface area contributed by atoms with Gasteiger partial charge in [0.1, 0.15) is 5.75 Å². The molecular formula is C18H16F3NO3. The highest BCUT2D eigenvalue weighted by atomic mass is 19.4. The first-order chi connectivity index (χ1) is 11.7. The van der Waals surface area contributed by atoms with Crippen LogP contribution in [0.3, 0.4) is 0 Å². The van der Waals surface area contributed by atoms with E-state index in [0.717, 1.165) is 12.1 Å². The van der Waals surface area contributed by atoms with Crippen LogP contribution in [0.2, 0.25) is 0 Å². The van der Waals surface area contributed by atoms with E-state index in [1.165, 1.54) is 32.0 Å². The molecule has 0 aliphatic heterocycles. The van der Waals surface area contributed by atoms with E-state index in [1.54, 1.807) is 18.2 Å². The van der Waals surface area contributed by atoms with Crippen LogP contribution in [0, 0.1) is 0 Å². The fraction of sp³-hybridized carbons (Fsp3) is 0.222. The van der Waals surface area contributed by atoms with Crippen molar-refractivity contribution in [2.45, 2.75) is 26.1 Å². The summed E-state index contributed by atoms with van der Waals surface area (Å²) in [7, 11) is 0. The number of carbonyl (C=O) groups is 2. The lowest BCUT2D eigenvalue weighted by molar-refractivity contribution is -0.137. The minimum absolute atomic E-state index is 0.132. The number of hydrogen-bond donors (Lipinski definition) is 1. The molecule has 0 fully saturated rings. The number of benzene rings is 2. The smallest absolute Gasteiger partial charge is 0.416 e. The van der Waals surface area contributed by atoms with Gasteiger partial charge in [0, 0.05) is 11.3 Å². The number of carbonyl (C=O) groups excluding carboxylic acids is 2. The fourth-order valence-corrected chi connectivity index (χ4v) is 2.03. The molecule has 0 radical (unpaired) electrons. The number of nitrogens with one attached hydrogen (secondary N) is 1. The molecule has 4 nitrogen and oxygen atoms in total. The highest BCUT2D eigenvalue weighted by molar-refractivity contribution is 5.95. The first-order valence-electron chi connectivity index (χ1n) is 7.42. The van der Waals surface area contributed by atoms with Gasteiger partial charge in [0.05, 0.1) is 5.56 Å². The van der Waals surface area contributed by atoms with Crippen molar-refractivity contribution in [2.24, 2.45) is 0 Å². The third-order valence-corrected chi connectivity index (χ3v) is 3.40. The molecule has 7 heteroatoms. The Hall–Kier alpha value is -2.83. The summed E-state index contributed by atoms with van der Waals surface area (Å²) in [5.74, 6) is -0.303. The van der Waals surface area contributed by atoms with E-state index in [2.05, 4.69) is 5.32 Å². The van der Waals surface area contributed by atoms with Gasteiger partial charge in [-0.15, -0.1) is 0 Å². The molecular weight excluding hydrogens is 335 g/mol. The largest absolute Gasteiger partial charge is 0.481 e. The number of anilines is 1. The zero-order valence-corrected chi connectivity index (χ0v) is 13.6. The van der Waals surface area contributed by atoms with Gasteiger partial charge in [-0.2, -0.15) is 13.2 Å². The van der Waals surface area contributed by atoms with Crippen LogP contribution in [-0.4, -0.2) is 17.8 Å². The lowest BCUT2D eigenvalue weighted by atomic mass is 10.1. The zero-order chi connectivity index (χ0) is 18.6. The van der Waals surface area contributed by atoms with Crippen LogP contribution >= 0.6 is 0 Å². The number of hydrogen-bond acceptors (Lipinski definition) is 3. The van der Waals surface area contributed by atoms with Crippen molar-refractivity contribution < 1.29 is 27.5 Å². The second-order valence-corrected chi connectivity index (χ2v) is 5.41. The fourth-order valence-electron chi connectivity index (χ4n) is 2.03. The summed E-state index contributed by atoms with van der Waals surface area (Å²) in [5.41, 5.74) is -0.116. The number of ether oxygens (including phenoxy) is 1.